The number of nitrogens with one attached hydrogen (secondary N) is 1. The lowest BCUT2D eigenvalue weighted by atomic mass is 10.1. The maximum atomic E-state index is 12.9. The van der Waals surface area contributed by atoms with Gasteiger partial charge < -0.3 is 5.32 Å². The number of hydrogen-bond donors (Lipinski definition) is 1. The van der Waals surface area contributed by atoms with Gasteiger partial charge in [0.1, 0.15) is 21.9 Å². The van der Waals surface area contributed by atoms with Crippen molar-refractivity contribution in [1.29, 1.82) is 0 Å². The van der Waals surface area contributed by atoms with Crippen molar-refractivity contribution in [2.75, 3.05) is 5.32 Å². The van der Waals surface area contributed by atoms with Gasteiger partial charge in [0.25, 0.3) is 5.56 Å². The van der Waals surface area contributed by atoms with Crippen LogP contribution in [-0.2, 0) is 11.3 Å². The SMILES string of the molecule is Cc1ccc(NC(=O)Cn2c(C)nc3c(sc4ncccc43)c2=O)cc1C. The van der Waals surface area contributed by atoms with Crippen molar-refractivity contribution in [2.24, 2.45) is 0 Å². The molecule has 136 valence electrons. The van der Waals surface area contributed by atoms with Crippen molar-refractivity contribution in [3.05, 3.63) is 63.8 Å². The van der Waals surface area contributed by atoms with Crippen LogP contribution in [0.2, 0.25) is 0 Å². The summed E-state index contributed by atoms with van der Waals surface area (Å²) in [5.74, 6) is 0.245. The molecule has 4 rings (SSSR count). The van der Waals surface area contributed by atoms with Gasteiger partial charge >= 0.3 is 0 Å². The minimum absolute atomic E-state index is 0.0811. The molecule has 1 N–H and O–H groups in total. The molecule has 0 aliphatic rings. The Balaban J connectivity index is 1.69. The van der Waals surface area contributed by atoms with E-state index in [0.29, 0.717) is 21.7 Å². The van der Waals surface area contributed by atoms with Crippen LogP contribution in [-0.4, -0.2) is 20.4 Å². The van der Waals surface area contributed by atoms with E-state index in [1.807, 2.05) is 44.2 Å². The highest BCUT2D eigenvalue weighted by molar-refractivity contribution is 7.25. The molecule has 0 saturated carbocycles. The topological polar surface area (TPSA) is 76.9 Å². The number of thiophene rings is 1. The van der Waals surface area contributed by atoms with E-state index in [9.17, 15) is 9.59 Å². The Bertz CT molecular complexity index is 1260. The van der Waals surface area contributed by atoms with Crippen LogP contribution in [0.15, 0.2) is 41.3 Å². The number of amides is 1. The summed E-state index contributed by atoms with van der Waals surface area (Å²) in [6.45, 7) is 5.67. The van der Waals surface area contributed by atoms with E-state index in [0.717, 1.165) is 21.3 Å². The fourth-order valence-corrected chi connectivity index (χ4v) is 4.05. The van der Waals surface area contributed by atoms with E-state index in [1.54, 1.807) is 13.1 Å². The number of anilines is 1. The second-order valence-electron chi connectivity index (χ2n) is 6.53. The minimum atomic E-state index is -0.260. The number of aryl methyl sites for hydroxylation is 3. The lowest BCUT2D eigenvalue weighted by molar-refractivity contribution is -0.116. The van der Waals surface area contributed by atoms with Gasteiger partial charge in [-0.1, -0.05) is 6.07 Å². The summed E-state index contributed by atoms with van der Waals surface area (Å²) in [5, 5.41) is 3.72. The standard InChI is InChI=1S/C20H18N4O2S/c1-11-6-7-14(9-12(11)2)23-16(25)10-24-13(3)22-17-15-5-4-8-21-19(15)27-18(17)20(24)26/h4-9H,10H2,1-3H3,(H,23,25). The second-order valence-corrected chi connectivity index (χ2v) is 7.53. The smallest absolute Gasteiger partial charge is 0.272 e. The number of nitrogens with zero attached hydrogens (tertiary/aromatic N) is 3. The number of aromatic nitrogens is 3. The number of pyridine rings is 1. The lowest BCUT2D eigenvalue weighted by Gasteiger charge is -2.11. The molecule has 3 aromatic heterocycles. The Morgan fingerprint density at radius 1 is 1.19 bits per heavy atom. The van der Waals surface area contributed by atoms with Crippen LogP contribution in [0.4, 0.5) is 5.69 Å². The Morgan fingerprint density at radius 3 is 2.78 bits per heavy atom. The Hall–Kier alpha value is -3.06. The summed E-state index contributed by atoms with van der Waals surface area (Å²) in [4.78, 5) is 35.1. The Labute approximate surface area is 159 Å². The molecular weight excluding hydrogens is 360 g/mol. The molecule has 0 aliphatic carbocycles. The van der Waals surface area contributed by atoms with Gasteiger partial charge in [0, 0.05) is 17.3 Å². The van der Waals surface area contributed by atoms with Crippen molar-refractivity contribution in [1.82, 2.24) is 14.5 Å². The number of fused-ring (bicyclic) bond motifs is 3. The molecule has 0 bridgehead atoms. The molecule has 4 aromatic rings. The zero-order valence-electron chi connectivity index (χ0n) is 15.2. The number of benzene rings is 1. The van der Waals surface area contributed by atoms with Crippen LogP contribution in [0, 0.1) is 20.8 Å². The third-order valence-electron chi connectivity index (χ3n) is 4.64. The molecule has 1 aromatic carbocycles. The first-order valence-corrected chi connectivity index (χ1v) is 9.37. The molecular formula is C20H18N4O2S. The lowest BCUT2D eigenvalue weighted by Crippen LogP contribution is -2.29. The molecule has 0 radical (unpaired) electrons. The first-order chi connectivity index (χ1) is 12.9. The van der Waals surface area contributed by atoms with E-state index >= 15 is 0 Å². The van der Waals surface area contributed by atoms with Crippen molar-refractivity contribution < 1.29 is 4.79 Å². The first kappa shape index (κ1) is 17.4. The molecule has 0 unspecified atom stereocenters. The zero-order valence-corrected chi connectivity index (χ0v) is 16.1. The molecule has 3 heterocycles. The molecule has 0 aliphatic heterocycles. The average Bonchev–Trinajstić information content (AvgIpc) is 3.01. The summed E-state index contributed by atoms with van der Waals surface area (Å²) >= 11 is 1.31. The third kappa shape index (κ3) is 3.10. The normalized spacial score (nSPS) is 11.2. The van der Waals surface area contributed by atoms with Gasteiger partial charge in [0.15, 0.2) is 0 Å². The van der Waals surface area contributed by atoms with Gasteiger partial charge in [-0.3, -0.25) is 14.2 Å². The maximum Gasteiger partial charge on any atom is 0.272 e. The predicted octanol–water partition coefficient (Wildman–Crippen LogP) is 3.57. The van der Waals surface area contributed by atoms with E-state index in [-0.39, 0.29) is 18.0 Å². The number of carbonyl (C=O) groups excluding carboxylic acids is 1. The molecule has 7 heteroatoms. The summed E-state index contributed by atoms with van der Waals surface area (Å²) in [5.41, 5.74) is 3.41. The summed E-state index contributed by atoms with van der Waals surface area (Å²) < 4.78 is 1.93. The van der Waals surface area contributed by atoms with Crippen LogP contribution in [0.1, 0.15) is 17.0 Å². The summed E-state index contributed by atoms with van der Waals surface area (Å²) in [7, 11) is 0. The molecule has 0 fully saturated rings. The van der Waals surface area contributed by atoms with Gasteiger partial charge in [0.2, 0.25) is 5.91 Å². The molecule has 0 spiro atoms. The van der Waals surface area contributed by atoms with Gasteiger partial charge in [-0.25, -0.2) is 9.97 Å². The average molecular weight is 378 g/mol. The van der Waals surface area contributed by atoms with Crippen LogP contribution in [0.5, 0.6) is 0 Å². The van der Waals surface area contributed by atoms with Gasteiger partial charge in [-0.15, -0.1) is 11.3 Å². The van der Waals surface area contributed by atoms with Crippen LogP contribution in [0.3, 0.4) is 0 Å². The monoisotopic (exact) mass is 378 g/mol. The molecule has 6 nitrogen and oxygen atoms in total. The van der Waals surface area contributed by atoms with Crippen LogP contribution < -0.4 is 10.9 Å². The fourth-order valence-electron chi connectivity index (χ4n) is 3.02. The van der Waals surface area contributed by atoms with E-state index in [1.165, 1.54) is 15.9 Å². The number of hydrogen-bond acceptors (Lipinski definition) is 5. The van der Waals surface area contributed by atoms with Crippen LogP contribution in [0.25, 0.3) is 20.4 Å². The summed E-state index contributed by atoms with van der Waals surface area (Å²) in [6, 6.07) is 9.47. The Kier molecular flexibility index (Phi) is 4.24. The number of rotatable bonds is 3. The number of carbonyl (C=O) groups is 1. The quantitative estimate of drug-likeness (QED) is 0.591. The van der Waals surface area contributed by atoms with Crippen molar-refractivity contribution in [2.45, 2.75) is 27.3 Å². The minimum Gasteiger partial charge on any atom is -0.325 e. The highest BCUT2D eigenvalue weighted by atomic mass is 32.1. The van der Waals surface area contributed by atoms with Gasteiger partial charge in [-0.05, 0) is 56.2 Å². The van der Waals surface area contributed by atoms with Crippen LogP contribution >= 0.6 is 11.3 Å². The van der Waals surface area contributed by atoms with Crippen molar-refractivity contribution in [3.8, 4) is 0 Å². The first-order valence-electron chi connectivity index (χ1n) is 8.56. The highest BCUT2D eigenvalue weighted by Gasteiger charge is 2.16. The fraction of sp³-hybridized carbons (Fsp3) is 0.200. The molecule has 1 amide bonds. The highest BCUT2D eigenvalue weighted by Crippen LogP contribution is 2.28. The largest absolute Gasteiger partial charge is 0.325 e. The Morgan fingerprint density at radius 2 is 2.00 bits per heavy atom. The predicted molar refractivity (Wildman–Crippen MR) is 108 cm³/mol. The van der Waals surface area contributed by atoms with Crippen molar-refractivity contribution in [3.63, 3.8) is 0 Å². The second kappa shape index (κ2) is 6.59. The van der Waals surface area contributed by atoms with E-state index < -0.39 is 0 Å². The van der Waals surface area contributed by atoms with Crippen molar-refractivity contribution >= 4 is 43.4 Å². The molecule has 27 heavy (non-hydrogen) atoms. The van der Waals surface area contributed by atoms with Gasteiger partial charge in [0.05, 0.1) is 5.52 Å². The summed E-state index contributed by atoms with van der Waals surface area (Å²) in [6.07, 6.45) is 1.69. The zero-order chi connectivity index (χ0) is 19.1. The van der Waals surface area contributed by atoms with Gasteiger partial charge in [-0.2, -0.15) is 0 Å². The molecule has 0 saturated heterocycles. The molecule has 0 atom stereocenters. The maximum absolute atomic E-state index is 12.9. The third-order valence-corrected chi connectivity index (χ3v) is 5.73. The van der Waals surface area contributed by atoms with E-state index in [4.69, 9.17) is 0 Å². The van der Waals surface area contributed by atoms with E-state index in [2.05, 4.69) is 15.3 Å².